The fourth-order valence-corrected chi connectivity index (χ4v) is 2.81. The van der Waals surface area contributed by atoms with Crippen LogP contribution in [-0.2, 0) is 0 Å². The summed E-state index contributed by atoms with van der Waals surface area (Å²) in [6.45, 7) is 4.10. The first-order valence-electron chi connectivity index (χ1n) is 9.14. The van der Waals surface area contributed by atoms with Gasteiger partial charge in [-0.25, -0.2) is 0 Å². The maximum Gasteiger partial charge on any atom is 0.121 e. The first kappa shape index (κ1) is 20.8. The van der Waals surface area contributed by atoms with E-state index in [4.69, 9.17) is 4.74 Å². The van der Waals surface area contributed by atoms with E-state index in [1.807, 2.05) is 24.3 Å². The second kappa shape index (κ2) is 9.98. The first-order valence-corrected chi connectivity index (χ1v) is 9.14. The van der Waals surface area contributed by atoms with Crippen LogP contribution in [0.1, 0.15) is 50.0 Å². The fourth-order valence-electron chi connectivity index (χ4n) is 2.81. The summed E-state index contributed by atoms with van der Waals surface area (Å²) in [7, 11) is 1.61. The molecule has 0 aliphatic rings. The number of phenols is 1. The number of para-hydroxylation sites is 1. The zero-order chi connectivity index (χ0) is 19.8. The molecule has 27 heavy (non-hydrogen) atoms. The molecule has 2 aromatic carbocycles. The van der Waals surface area contributed by atoms with Crippen LogP contribution in [0.5, 0.6) is 11.5 Å². The summed E-state index contributed by atoms with van der Waals surface area (Å²) in [6.07, 6.45) is 1.16. The van der Waals surface area contributed by atoms with Gasteiger partial charge in [0, 0.05) is 18.4 Å². The highest BCUT2D eigenvalue weighted by Crippen LogP contribution is 2.28. The molecule has 2 aromatic rings. The van der Waals surface area contributed by atoms with Crippen molar-refractivity contribution in [3.63, 3.8) is 0 Å². The monoisotopic (exact) mass is 368 g/mol. The Morgan fingerprint density at radius 2 is 1.70 bits per heavy atom. The number of hydrogen-bond acceptors (Lipinski definition) is 4. The van der Waals surface area contributed by atoms with Gasteiger partial charge in [0.1, 0.15) is 11.5 Å². The molecule has 0 aromatic heterocycles. The lowest BCUT2D eigenvalue weighted by Crippen LogP contribution is -2.03. The normalized spacial score (nSPS) is 13.0. The van der Waals surface area contributed by atoms with E-state index in [2.05, 4.69) is 19.6 Å². The van der Waals surface area contributed by atoms with Crippen molar-refractivity contribution in [2.75, 3.05) is 7.11 Å². The Balaban J connectivity index is 2.08. The molecule has 3 N–H and O–H groups in total. The Morgan fingerprint density at radius 1 is 1.04 bits per heavy atom. The molecule has 0 spiro atoms. The number of ether oxygens (including phenoxy) is 1. The van der Waals surface area contributed by atoms with Gasteiger partial charge in [-0.15, -0.1) is 5.73 Å². The van der Waals surface area contributed by atoms with E-state index in [0.29, 0.717) is 18.4 Å². The van der Waals surface area contributed by atoms with Gasteiger partial charge in [0.15, 0.2) is 0 Å². The third-order valence-electron chi connectivity index (χ3n) is 4.54. The fraction of sp³-hybridized carbons (Fsp3) is 0.348. The van der Waals surface area contributed by atoms with Crippen LogP contribution >= 0.6 is 0 Å². The van der Waals surface area contributed by atoms with Crippen molar-refractivity contribution >= 4 is 0 Å². The SMILES string of the molecule is COc1ccc([C@H](O)CC(=C=CC[C@@H](O)c2ccccc2O)C(C)C)cc1. The van der Waals surface area contributed by atoms with Gasteiger partial charge in [0.2, 0.25) is 0 Å². The molecule has 0 amide bonds. The molecule has 0 saturated carbocycles. The molecule has 0 saturated heterocycles. The Labute approximate surface area is 161 Å². The van der Waals surface area contributed by atoms with Gasteiger partial charge in [-0.3, -0.25) is 0 Å². The topological polar surface area (TPSA) is 69.9 Å². The average molecular weight is 368 g/mol. The van der Waals surface area contributed by atoms with E-state index in [-0.39, 0.29) is 11.7 Å². The molecule has 0 unspecified atom stereocenters. The predicted octanol–water partition coefficient (Wildman–Crippen LogP) is 4.69. The van der Waals surface area contributed by atoms with Crippen LogP contribution in [0, 0.1) is 5.92 Å². The highest BCUT2D eigenvalue weighted by atomic mass is 16.5. The van der Waals surface area contributed by atoms with E-state index in [1.54, 1.807) is 37.5 Å². The van der Waals surface area contributed by atoms with Crippen LogP contribution in [0.4, 0.5) is 0 Å². The highest BCUT2D eigenvalue weighted by molar-refractivity contribution is 5.34. The van der Waals surface area contributed by atoms with Gasteiger partial charge < -0.3 is 20.1 Å². The van der Waals surface area contributed by atoms with Crippen molar-refractivity contribution < 1.29 is 20.1 Å². The summed E-state index contributed by atoms with van der Waals surface area (Å²) in [5, 5.41) is 30.6. The number of aliphatic hydroxyl groups is 2. The van der Waals surface area contributed by atoms with Crippen molar-refractivity contribution in [2.24, 2.45) is 5.92 Å². The Morgan fingerprint density at radius 3 is 2.30 bits per heavy atom. The van der Waals surface area contributed by atoms with Crippen molar-refractivity contribution in [2.45, 2.75) is 38.9 Å². The summed E-state index contributed by atoms with van der Waals surface area (Å²) in [6, 6.07) is 14.1. The Bertz CT molecular complexity index is 786. The van der Waals surface area contributed by atoms with Crippen LogP contribution in [0.2, 0.25) is 0 Å². The summed E-state index contributed by atoms with van der Waals surface area (Å²) >= 11 is 0. The molecule has 0 heterocycles. The number of rotatable bonds is 8. The summed E-state index contributed by atoms with van der Waals surface area (Å²) < 4.78 is 5.14. The average Bonchev–Trinajstić information content (AvgIpc) is 2.67. The molecule has 4 nitrogen and oxygen atoms in total. The van der Waals surface area contributed by atoms with Crippen LogP contribution in [0.3, 0.4) is 0 Å². The van der Waals surface area contributed by atoms with Crippen LogP contribution in [0.15, 0.2) is 65.9 Å². The van der Waals surface area contributed by atoms with Crippen molar-refractivity contribution in [1.82, 2.24) is 0 Å². The standard InChI is InChI=1S/C23H28O4/c1-16(2)18(15-23(26)17-11-13-19(27-3)14-12-17)7-6-10-22(25)20-8-4-5-9-21(20)24/h4-6,8-9,11-14,16,22-26H,10,15H2,1-3H3/t7?,22-,23-/m1/s1. The molecule has 2 atom stereocenters. The van der Waals surface area contributed by atoms with Crippen LogP contribution in [-0.4, -0.2) is 22.4 Å². The smallest absolute Gasteiger partial charge is 0.121 e. The van der Waals surface area contributed by atoms with Gasteiger partial charge in [0.25, 0.3) is 0 Å². The number of phenolic OH excluding ortho intramolecular Hbond substituents is 1. The Kier molecular flexibility index (Phi) is 7.68. The van der Waals surface area contributed by atoms with Crippen molar-refractivity contribution in [3.8, 4) is 11.5 Å². The second-order valence-corrected chi connectivity index (χ2v) is 6.83. The molecular weight excluding hydrogens is 340 g/mol. The van der Waals surface area contributed by atoms with E-state index in [9.17, 15) is 15.3 Å². The lowest BCUT2D eigenvalue weighted by atomic mass is 9.94. The number of methoxy groups -OCH3 is 1. The zero-order valence-corrected chi connectivity index (χ0v) is 16.1. The van der Waals surface area contributed by atoms with Gasteiger partial charge in [-0.05, 0) is 41.3 Å². The van der Waals surface area contributed by atoms with E-state index in [0.717, 1.165) is 16.9 Å². The van der Waals surface area contributed by atoms with E-state index < -0.39 is 12.2 Å². The summed E-state index contributed by atoms with van der Waals surface area (Å²) in [4.78, 5) is 0. The number of benzene rings is 2. The minimum atomic E-state index is -0.793. The zero-order valence-electron chi connectivity index (χ0n) is 16.1. The minimum Gasteiger partial charge on any atom is -0.508 e. The minimum absolute atomic E-state index is 0.0846. The first-order chi connectivity index (χ1) is 12.9. The van der Waals surface area contributed by atoms with Gasteiger partial charge >= 0.3 is 0 Å². The lowest BCUT2D eigenvalue weighted by Gasteiger charge is -2.15. The molecule has 0 bridgehead atoms. The molecule has 2 rings (SSSR count). The molecule has 0 aliphatic carbocycles. The van der Waals surface area contributed by atoms with Gasteiger partial charge in [-0.1, -0.05) is 44.2 Å². The van der Waals surface area contributed by atoms with E-state index in [1.165, 1.54) is 0 Å². The lowest BCUT2D eigenvalue weighted by molar-refractivity contribution is 0.175. The van der Waals surface area contributed by atoms with Gasteiger partial charge in [0.05, 0.1) is 19.3 Å². The van der Waals surface area contributed by atoms with Crippen molar-refractivity contribution in [3.05, 3.63) is 77.0 Å². The molecule has 4 heteroatoms. The third-order valence-corrected chi connectivity index (χ3v) is 4.54. The van der Waals surface area contributed by atoms with E-state index >= 15 is 0 Å². The largest absolute Gasteiger partial charge is 0.508 e. The molecular formula is C23H28O4. The molecule has 0 aliphatic heterocycles. The highest BCUT2D eigenvalue weighted by Gasteiger charge is 2.13. The quantitative estimate of drug-likeness (QED) is 0.592. The van der Waals surface area contributed by atoms with Gasteiger partial charge in [-0.2, -0.15) is 0 Å². The molecule has 0 fully saturated rings. The molecule has 0 radical (unpaired) electrons. The predicted molar refractivity (Wildman–Crippen MR) is 107 cm³/mol. The van der Waals surface area contributed by atoms with Crippen LogP contribution in [0.25, 0.3) is 0 Å². The summed E-state index contributed by atoms with van der Waals surface area (Å²) in [5.74, 6) is 1.06. The molecule has 144 valence electrons. The van der Waals surface area contributed by atoms with Crippen LogP contribution < -0.4 is 4.74 Å². The maximum atomic E-state index is 10.5. The summed E-state index contributed by atoms with van der Waals surface area (Å²) in [5.41, 5.74) is 5.53. The second-order valence-electron chi connectivity index (χ2n) is 6.83. The maximum absolute atomic E-state index is 10.5. The number of hydrogen-bond donors (Lipinski definition) is 3. The number of aliphatic hydroxyl groups excluding tert-OH is 2. The van der Waals surface area contributed by atoms with Crippen molar-refractivity contribution in [1.29, 1.82) is 0 Å². The number of aromatic hydroxyl groups is 1. The Hall–Kier alpha value is -2.52. The third kappa shape index (κ3) is 6.00.